The minimum absolute atomic E-state index is 0.0495. The molecule has 0 bridgehead atoms. The number of allylic oxidation sites excluding steroid dienone is 2. The number of nitrogens with zero attached hydrogens (tertiary/aromatic N) is 2. The van der Waals surface area contributed by atoms with Crippen LogP contribution >= 0.6 is 0 Å². The first-order valence-electron chi connectivity index (χ1n) is 13.5. The zero-order valence-electron chi connectivity index (χ0n) is 25.8. The molecule has 9 N–H and O–H groups in total. The first kappa shape index (κ1) is 34.6. The molecule has 2 rings (SSSR count). The maximum Gasteiger partial charge on any atom is 0.255 e. The van der Waals surface area contributed by atoms with Gasteiger partial charge in [-0.1, -0.05) is 6.92 Å². The summed E-state index contributed by atoms with van der Waals surface area (Å²) in [5, 5.41) is 62.5. The number of aliphatic hydroxyl groups is 5. The van der Waals surface area contributed by atoms with E-state index in [0.717, 1.165) is 0 Å². The van der Waals surface area contributed by atoms with E-state index in [1.165, 1.54) is 19.0 Å². The molecule has 13 heteroatoms. The van der Waals surface area contributed by atoms with Crippen molar-refractivity contribution >= 4 is 17.6 Å². The van der Waals surface area contributed by atoms with E-state index < -0.39 is 64.6 Å². The molecule has 0 aromatic carbocycles. The fourth-order valence-corrected chi connectivity index (χ4v) is 4.94. The summed E-state index contributed by atoms with van der Waals surface area (Å²) in [5.74, 6) is -5.24. The number of nitrogens with one attached hydrogen (secondary N) is 2. The van der Waals surface area contributed by atoms with Gasteiger partial charge in [0.15, 0.2) is 11.4 Å². The van der Waals surface area contributed by atoms with Crippen molar-refractivity contribution in [2.45, 2.75) is 70.7 Å². The van der Waals surface area contributed by atoms with Crippen LogP contribution in [0.1, 0.15) is 47.5 Å². The van der Waals surface area contributed by atoms with E-state index in [1.807, 2.05) is 20.8 Å². The zero-order valence-corrected chi connectivity index (χ0v) is 25.8. The van der Waals surface area contributed by atoms with E-state index in [2.05, 4.69) is 10.6 Å². The molecule has 0 radical (unpaired) electrons. The molecule has 0 aliphatic heterocycles. The normalized spacial score (nSPS) is 25.3. The highest BCUT2D eigenvalue weighted by atomic mass is 16.4. The third kappa shape index (κ3) is 6.86. The van der Waals surface area contributed by atoms with E-state index in [0.29, 0.717) is 11.3 Å². The van der Waals surface area contributed by atoms with E-state index >= 15 is 0 Å². The van der Waals surface area contributed by atoms with Gasteiger partial charge in [0.05, 0.1) is 18.3 Å². The summed E-state index contributed by atoms with van der Waals surface area (Å²) in [4.78, 5) is 40.7. The molecule has 0 saturated carbocycles. The molecule has 2 amide bonds. The van der Waals surface area contributed by atoms with Gasteiger partial charge in [0.2, 0.25) is 5.91 Å². The first-order valence-corrected chi connectivity index (χ1v) is 13.5. The molecule has 0 heterocycles. The molecule has 2 aliphatic rings. The molecule has 0 aromatic heterocycles. The number of primary amides is 1. The van der Waals surface area contributed by atoms with Crippen molar-refractivity contribution in [3.63, 3.8) is 0 Å². The highest BCUT2D eigenvalue weighted by Gasteiger charge is 2.51. The summed E-state index contributed by atoms with van der Waals surface area (Å²) in [6, 6.07) is -1.14. The summed E-state index contributed by atoms with van der Waals surface area (Å²) in [7, 11) is 6.49. The fourth-order valence-electron chi connectivity index (χ4n) is 4.94. The highest BCUT2D eigenvalue weighted by Crippen LogP contribution is 2.41. The van der Waals surface area contributed by atoms with Gasteiger partial charge in [-0.05, 0) is 59.9 Å². The lowest BCUT2D eigenvalue weighted by molar-refractivity contribution is -0.128. The number of ketones is 1. The summed E-state index contributed by atoms with van der Waals surface area (Å²) >= 11 is 0. The number of hydrogen-bond acceptors (Lipinski definition) is 11. The molecule has 0 unspecified atom stereocenters. The second-order valence-corrected chi connectivity index (χ2v) is 12.0. The van der Waals surface area contributed by atoms with Crippen LogP contribution in [0.2, 0.25) is 0 Å². The van der Waals surface area contributed by atoms with Crippen molar-refractivity contribution < 1.29 is 39.9 Å². The standard InChI is InChI=1S/C29H45N5O8/c1-10-15(25(39)29(42)12-18(34(8)9)24(38)21(26(29)40)27(30)41)22(36)20-14(2)17(33(6)7)11-16(23(20)37)32-19(35)13-31-28(3,4)5/h11,18,23,31,36-37,39-40,42H,10,12-13H2,1-9H3,(H2,30,41)(H,32,35)/b22-20-,25-15-/t18-,23-,29-/m0/s1. The lowest BCUT2D eigenvalue weighted by atomic mass is 9.76. The fraction of sp³-hybridized carbons (Fsp3) is 0.552. The molecule has 0 fully saturated rings. The Labute approximate surface area is 246 Å². The zero-order chi connectivity index (χ0) is 32.5. The highest BCUT2D eigenvalue weighted by molar-refractivity contribution is 6.22. The average molecular weight is 592 g/mol. The van der Waals surface area contributed by atoms with Crippen molar-refractivity contribution in [1.82, 2.24) is 20.4 Å². The Morgan fingerprint density at radius 3 is 2.19 bits per heavy atom. The Bertz CT molecular complexity index is 1300. The van der Waals surface area contributed by atoms with Crippen molar-refractivity contribution in [2.24, 2.45) is 5.73 Å². The van der Waals surface area contributed by atoms with Crippen LogP contribution in [0, 0.1) is 0 Å². The molecule has 0 aromatic rings. The Kier molecular flexibility index (Phi) is 10.4. The number of carbonyl (C=O) groups is 3. The Hall–Kier alpha value is -3.65. The molecule has 0 saturated heterocycles. The van der Waals surface area contributed by atoms with Crippen molar-refractivity contribution in [2.75, 3.05) is 34.7 Å². The number of rotatable bonds is 9. The predicted octanol–water partition coefficient (Wildman–Crippen LogP) is 0.550. The molecule has 234 valence electrons. The monoisotopic (exact) mass is 591 g/mol. The first-order chi connectivity index (χ1) is 19.2. The van der Waals surface area contributed by atoms with Crippen LogP contribution in [0.15, 0.2) is 57.0 Å². The second kappa shape index (κ2) is 12.7. The Balaban J connectivity index is 2.77. The van der Waals surface area contributed by atoms with Crippen LogP contribution in [-0.4, -0.2) is 111 Å². The maximum atomic E-state index is 12.8. The lowest BCUT2D eigenvalue weighted by Crippen LogP contribution is -2.53. The van der Waals surface area contributed by atoms with Gasteiger partial charge in [0, 0.05) is 42.9 Å². The summed E-state index contributed by atoms with van der Waals surface area (Å²) in [6.45, 7) is 8.81. The molecular formula is C29H45N5O8. The Morgan fingerprint density at radius 1 is 1.17 bits per heavy atom. The number of Topliss-reactive ketones (excluding diaryl/α,β-unsaturated/α-hetero) is 1. The average Bonchev–Trinajstić information content (AvgIpc) is 2.86. The van der Waals surface area contributed by atoms with Gasteiger partial charge in [-0.3, -0.25) is 19.3 Å². The SMILES string of the molecule is CCC(/C(O)=C1\C(C)=C(N(C)C)C=C(NC(=O)CNC(C)(C)C)[C@@H]1O)=C(/O)[C@@]1(O)C[C@H](N(C)C)C(=O)C(C(N)=O)=C1O. The molecule has 0 spiro atoms. The number of amides is 2. The number of likely N-dealkylation sites (N-methyl/N-ethyl adjacent to an activating group) is 2. The van der Waals surface area contributed by atoms with Crippen LogP contribution in [0.3, 0.4) is 0 Å². The summed E-state index contributed by atoms with van der Waals surface area (Å²) < 4.78 is 0. The van der Waals surface area contributed by atoms with E-state index in [4.69, 9.17) is 5.73 Å². The third-order valence-corrected chi connectivity index (χ3v) is 7.30. The van der Waals surface area contributed by atoms with Crippen LogP contribution in [0.5, 0.6) is 0 Å². The van der Waals surface area contributed by atoms with Crippen molar-refractivity contribution in [3.8, 4) is 0 Å². The largest absolute Gasteiger partial charge is 0.508 e. The smallest absolute Gasteiger partial charge is 0.255 e. The molecule has 2 aliphatic carbocycles. The van der Waals surface area contributed by atoms with Crippen LogP contribution < -0.4 is 16.4 Å². The predicted molar refractivity (Wildman–Crippen MR) is 157 cm³/mol. The van der Waals surface area contributed by atoms with Gasteiger partial charge < -0.3 is 46.8 Å². The van der Waals surface area contributed by atoms with Gasteiger partial charge in [-0.15, -0.1) is 0 Å². The number of hydrogen-bond donors (Lipinski definition) is 8. The van der Waals surface area contributed by atoms with Gasteiger partial charge in [-0.25, -0.2) is 0 Å². The van der Waals surface area contributed by atoms with E-state index in [1.54, 1.807) is 38.9 Å². The minimum Gasteiger partial charge on any atom is -0.508 e. The molecule has 13 nitrogen and oxygen atoms in total. The van der Waals surface area contributed by atoms with E-state index in [9.17, 15) is 39.9 Å². The van der Waals surface area contributed by atoms with Crippen molar-refractivity contribution in [1.29, 1.82) is 0 Å². The third-order valence-electron chi connectivity index (χ3n) is 7.30. The van der Waals surface area contributed by atoms with Crippen LogP contribution in [0.25, 0.3) is 0 Å². The lowest BCUT2D eigenvalue weighted by Gasteiger charge is -2.38. The minimum atomic E-state index is -2.67. The molecular weight excluding hydrogens is 546 g/mol. The number of nitrogens with two attached hydrogens (primary N) is 1. The van der Waals surface area contributed by atoms with Crippen molar-refractivity contribution in [3.05, 3.63) is 57.0 Å². The maximum absolute atomic E-state index is 12.8. The van der Waals surface area contributed by atoms with Gasteiger partial charge in [0.1, 0.15) is 29.0 Å². The van der Waals surface area contributed by atoms with Gasteiger partial charge in [0.25, 0.3) is 5.91 Å². The molecule has 3 atom stereocenters. The second-order valence-electron chi connectivity index (χ2n) is 12.0. The van der Waals surface area contributed by atoms with Gasteiger partial charge >= 0.3 is 0 Å². The van der Waals surface area contributed by atoms with E-state index in [-0.39, 0.29) is 35.3 Å². The van der Waals surface area contributed by atoms with Crippen LogP contribution in [0.4, 0.5) is 0 Å². The molecule has 42 heavy (non-hydrogen) atoms. The van der Waals surface area contributed by atoms with Crippen LogP contribution in [-0.2, 0) is 14.4 Å². The topological polar surface area (TPSA) is 209 Å². The summed E-state index contributed by atoms with van der Waals surface area (Å²) in [5.41, 5.74) is 2.14. The summed E-state index contributed by atoms with van der Waals surface area (Å²) in [6.07, 6.45) is -0.649. The number of carbonyl (C=O) groups excluding carboxylic acids is 3. The Morgan fingerprint density at radius 2 is 1.74 bits per heavy atom. The quantitative estimate of drug-likeness (QED) is 0.137. The number of aliphatic hydroxyl groups excluding tert-OH is 4. The van der Waals surface area contributed by atoms with Gasteiger partial charge in [-0.2, -0.15) is 0 Å².